The van der Waals surface area contributed by atoms with Gasteiger partial charge in [-0.15, -0.1) is 0 Å². The number of fused-ring (bicyclic) bond motifs is 1. The Morgan fingerprint density at radius 3 is 2.71 bits per heavy atom. The maximum absolute atomic E-state index is 13.4. The molecule has 0 unspecified atom stereocenters. The fourth-order valence-electron chi connectivity index (χ4n) is 4.23. The van der Waals surface area contributed by atoms with Crippen LogP contribution in [0, 0.1) is 11.2 Å². The van der Waals surface area contributed by atoms with Gasteiger partial charge in [0.1, 0.15) is 11.6 Å². The van der Waals surface area contributed by atoms with Crippen molar-refractivity contribution in [3.05, 3.63) is 59.0 Å². The molecule has 0 saturated carbocycles. The Bertz CT molecular complexity index is 905. The Morgan fingerprint density at radius 1 is 1.21 bits per heavy atom. The minimum absolute atomic E-state index is 0.00880. The van der Waals surface area contributed by atoms with Crippen molar-refractivity contribution in [2.24, 2.45) is 5.41 Å². The molecule has 1 spiro atoms. The summed E-state index contributed by atoms with van der Waals surface area (Å²) >= 11 is 0. The smallest absolute Gasteiger partial charge is 0.317 e. The Hall–Kier alpha value is -2.96. The number of carbonyl (C=O) groups is 2. The van der Waals surface area contributed by atoms with Crippen molar-refractivity contribution >= 4 is 17.6 Å². The van der Waals surface area contributed by atoms with Crippen molar-refractivity contribution in [1.29, 1.82) is 0 Å². The van der Waals surface area contributed by atoms with Crippen molar-refractivity contribution in [2.75, 3.05) is 18.8 Å². The monoisotopic (exact) mass is 382 g/mol. The van der Waals surface area contributed by atoms with Gasteiger partial charge >= 0.3 is 6.03 Å². The molecule has 28 heavy (non-hydrogen) atoms. The zero-order valence-electron chi connectivity index (χ0n) is 15.6. The highest BCUT2D eigenvalue weighted by atomic mass is 19.1. The van der Waals surface area contributed by atoms with E-state index in [4.69, 9.17) is 5.73 Å². The highest BCUT2D eigenvalue weighted by molar-refractivity contribution is 5.99. The maximum atomic E-state index is 13.4. The van der Waals surface area contributed by atoms with E-state index in [0.717, 1.165) is 30.4 Å². The molecule has 1 fully saturated rings. The summed E-state index contributed by atoms with van der Waals surface area (Å²) < 4.78 is 13.4. The second kappa shape index (κ2) is 7.22. The first kappa shape index (κ1) is 18.4. The molecule has 0 radical (unpaired) electrons. The molecule has 146 valence electrons. The van der Waals surface area contributed by atoms with E-state index >= 15 is 0 Å². The van der Waals surface area contributed by atoms with Gasteiger partial charge in [-0.25, -0.2) is 14.2 Å². The molecule has 1 aliphatic carbocycles. The zero-order chi connectivity index (χ0) is 19.7. The lowest BCUT2D eigenvalue weighted by Gasteiger charge is -2.44. The number of carbonyl (C=O) groups excluding carboxylic acids is 2. The molecule has 2 amide bonds. The van der Waals surface area contributed by atoms with Gasteiger partial charge in [-0.05, 0) is 54.0 Å². The van der Waals surface area contributed by atoms with Gasteiger partial charge in [-0.3, -0.25) is 4.79 Å². The lowest BCUT2D eigenvalue weighted by molar-refractivity contribution is 0.0735. The van der Waals surface area contributed by atoms with E-state index < -0.39 is 0 Å². The molecular formula is C21H23FN4O2. The van der Waals surface area contributed by atoms with Crippen LogP contribution >= 0.6 is 0 Å². The number of halogens is 1. The van der Waals surface area contributed by atoms with Gasteiger partial charge in [0.15, 0.2) is 5.78 Å². The van der Waals surface area contributed by atoms with E-state index in [2.05, 4.69) is 10.3 Å². The number of hydrogen-bond donors (Lipinski definition) is 2. The van der Waals surface area contributed by atoms with E-state index in [1.54, 1.807) is 23.2 Å². The molecule has 4 rings (SSSR count). The number of rotatable bonds is 2. The van der Waals surface area contributed by atoms with Gasteiger partial charge in [0.2, 0.25) is 0 Å². The van der Waals surface area contributed by atoms with Crippen molar-refractivity contribution in [2.45, 2.75) is 32.2 Å². The largest absolute Gasteiger partial charge is 0.384 e. The average molecular weight is 382 g/mol. The van der Waals surface area contributed by atoms with Crippen LogP contribution in [0.2, 0.25) is 0 Å². The number of benzene rings is 1. The lowest BCUT2D eigenvalue weighted by Crippen LogP contribution is -2.49. The van der Waals surface area contributed by atoms with Crippen LogP contribution in [0.3, 0.4) is 0 Å². The van der Waals surface area contributed by atoms with Crippen LogP contribution in [0.4, 0.5) is 15.0 Å². The Morgan fingerprint density at radius 2 is 2.00 bits per heavy atom. The van der Waals surface area contributed by atoms with E-state index in [1.165, 1.54) is 12.1 Å². The second-order valence-corrected chi connectivity index (χ2v) is 7.82. The van der Waals surface area contributed by atoms with Crippen molar-refractivity contribution in [3.63, 3.8) is 0 Å². The summed E-state index contributed by atoms with van der Waals surface area (Å²) in [5.41, 5.74) is 7.77. The molecule has 1 aromatic heterocycles. The number of likely N-dealkylation sites (tertiary alicyclic amines) is 1. The van der Waals surface area contributed by atoms with Gasteiger partial charge in [0.05, 0.1) is 0 Å². The third-order valence-corrected chi connectivity index (χ3v) is 5.88. The van der Waals surface area contributed by atoms with Gasteiger partial charge in [0, 0.05) is 37.8 Å². The van der Waals surface area contributed by atoms with Gasteiger partial charge in [-0.2, -0.15) is 0 Å². The molecule has 1 aliphatic heterocycles. The van der Waals surface area contributed by atoms with Crippen LogP contribution in [0.1, 0.15) is 40.7 Å². The van der Waals surface area contributed by atoms with E-state index in [1.807, 2.05) is 6.07 Å². The summed E-state index contributed by atoms with van der Waals surface area (Å²) in [6, 6.07) is 7.91. The number of aromatic nitrogens is 1. The highest BCUT2D eigenvalue weighted by Gasteiger charge is 2.41. The molecule has 6 nitrogen and oxygen atoms in total. The number of piperidine rings is 1. The van der Waals surface area contributed by atoms with Crippen LogP contribution in [0.15, 0.2) is 36.5 Å². The lowest BCUT2D eigenvalue weighted by atomic mass is 9.66. The first-order valence-electron chi connectivity index (χ1n) is 9.49. The molecule has 2 aliphatic rings. The topological polar surface area (TPSA) is 88.3 Å². The summed E-state index contributed by atoms with van der Waals surface area (Å²) in [5, 5.41) is 2.91. The van der Waals surface area contributed by atoms with Crippen LogP contribution in [0.25, 0.3) is 0 Å². The summed E-state index contributed by atoms with van der Waals surface area (Å²) in [7, 11) is 0. The maximum Gasteiger partial charge on any atom is 0.317 e. The quantitative estimate of drug-likeness (QED) is 0.836. The minimum Gasteiger partial charge on any atom is -0.384 e. The first-order valence-corrected chi connectivity index (χ1v) is 9.49. The zero-order valence-corrected chi connectivity index (χ0v) is 15.6. The molecule has 1 aromatic carbocycles. The summed E-state index contributed by atoms with van der Waals surface area (Å²) in [6.45, 7) is 1.61. The number of nitrogen functional groups attached to an aromatic ring is 1. The van der Waals surface area contributed by atoms with Crippen molar-refractivity contribution < 1.29 is 14.0 Å². The molecule has 1 saturated heterocycles. The standard InChI is InChI=1S/C21H23FN4O2/c22-16-3-2-15-10-21(11-18(27)17(15)9-16)5-7-26(8-6-21)20(28)25-13-14-1-4-19(23)24-12-14/h1-4,9,12H,5-8,10-11,13H2,(H2,23,24)(H,25,28). The average Bonchev–Trinajstić information content (AvgIpc) is 2.69. The number of ketones is 1. The van der Waals surface area contributed by atoms with Gasteiger partial charge in [0.25, 0.3) is 0 Å². The summed E-state index contributed by atoms with van der Waals surface area (Å²) in [4.78, 5) is 30.8. The van der Waals surface area contributed by atoms with Gasteiger partial charge < -0.3 is 16.0 Å². The SMILES string of the molecule is Nc1ccc(CNC(=O)N2CCC3(CC2)CC(=O)c2cc(F)ccc2C3)cn1. The first-order chi connectivity index (χ1) is 13.4. The summed E-state index contributed by atoms with van der Waals surface area (Å²) in [6.07, 6.45) is 4.38. The van der Waals surface area contributed by atoms with Crippen LogP contribution in [-0.2, 0) is 13.0 Å². The number of Topliss-reactive ketones (excluding diaryl/α,β-unsaturated/α-hetero) is 1. The predicted octanol–water partition coefficient (Wildman–Crippen LogP) is 2.92. The highest BCUT2D eigenvalue weighted by Crippen LogP contribution is 2.43. The molecule has 2 heterocycles. The van der Waals surface area contributed by atoms with E-state index in [9.17, 15) is 14.0 Å². The van der Waals surface area contributed by atoms with Crippen LogP contribution in [-0.4, -0.2) is 34.8 Å². The molecule has 3 N–H and O–H groups in total. The number of nitrogens with zero attached hydrogens (tertiary/aromatic N) is 2. The second-order valence-electron chi connectivity index (χ2n) is 7.82. The number of pyridine rings is 1. The van der Waals surface area contributed by atoms with Crippen LogP contribution in [0.5, 0.6) is 0 Å². The number of amides is 2. The molecule has 0 atom stereocenters. The Labute approximate surface area is 162 Å². The normalized spacial score (nSPS) is 18.0. The third kappa shape index (κ3) is 3.69. The van der Waals surface area contributed by atoms with Crippen LogP contribution < -0.4 is 11.1 Å². The number of nitrogens with one attached hydrogen (secondary N) is 1. The predicted molar refractivity (Wildman–Crippen MR) is 103 cm³/mol. The molecular weight excluding hydrogens is 359 g/mol. The number of urea groups is 1. The van der Waals surface area contributed by atoms with E-state index in [0.29, 0.717) is 37.4 Å². The fourth-order valence-corrected chi connectivity index (χ4v) is 4.23. The van der Waals surface area contributed by atoms with Crippen molar-refractivity contribution in [1.82, 2.24) is 15.2 Å². The third-order valence-electron chi connectivity index (χ3n) is 5.88. The Kier molecular flexibility index (Phi) is 4.75. The molecule has 2 aromatic rings. The number of nitrogens with two attached hydrogens (primary N) is 1. The molecule has 7 heteroatoms. The van der Waals surface area contributed by atoms with Gasteiger partial charge in [-0.1, -0.05) is 12.1 Å². The van der Waals surface area contributed by atoms with E-state index in [-0.39, 0.29) is 23.0 Å². The Balaban J connectivity index is 1.35. The van der Waals surface area contributed by atoms with Crippen molar-refractivity contribution in [3.8, 4) is 0 Å². The summed E-state index contributed by atoms with van der Waals surface area (Å²) in [5.74, 6) is 0.0862. The number of hydrogen-bond acceptors (Lipinski definition) is 4. The fraction of sp³-hybridized carbons (Fsp3) is 0.381. The molecule has 0 bridgehead atoms. The minimum atomic E-state index is -0.370. The number of anilines is 1.